The van der Waals surface area contributed by atoms with Gasteiger partial charge in [0.2, 0.25) is 0 Å². The van der Waals surface area contributed by atoms with Crippen molar-refractivity contribution >= 4 is 11.7 Å². The molecule has 4 nitrogen and oxygen atoms in total. The minimum atomic E-state index is -0.0976. The van der Waals surface area contributed by atoms with Crippen LogP contribution in [0.15, 0.2) is 66.9 Å². The fourth-order valence-corrected chi connectivity index (χ4v) is 3.51. The van der Waals surface area contributed by atoms with Crippen molar-refractivity contribution < 1.29 is 4.79 Å². The highest BCUT2D eigenvalue weighted by Gasteiger charge is 2.17. The zero-order chi connectivity index (χ0) is 18.6. The lowest BCUT2D eigenvalue weighted by atomic mass is 10.00. The lowest BCUT2D eigenvalue weighted by Crippen LogP contribution is -2.31. The second kappa shape index (κ2) is 7.62. The highest BCUT2D eigenvalue weighted by molar-refractivity contribution is 5.94. The SMILES string of the molecule is Cc1cccc(CNC(=O)c2ccc(N3CCc4ccccc4C3)nc2)c1. The van der Waals surface area contributed by atoms with Crippen molar-refractivity contribution in [1.29, 1.82) is 0 Å². The minimum Gasteiger partial charge on any atom is -0.352 e. The summed E-state index contributed by atoms with van der Waals surface area (Å²) in [5.74, 6) is 0.819. The first kappa shape index (κ1) is 17.3. The molecule has 2 heterocycles. The Bertz CT molecular complexity index is 950. The minimum absolute atomic E-state index is 0.0976. The molecule has 0 bridgehead atoms. The van der Waals surface area contributed by atoms with Gasteiger partial charge in [-0.1, -0.05) is 54.1 Å². The number of fused-ring (bicyclic) bond motifs is 1. The second-order valence-corrected chi connectivity index (χ2v) is 7.02. The highest BCUT2D eigenvalue weighted by Crippen LogP contribution is 2.23. The molecule has 3 aromatic rings. The van der Waals surface area contributed by atoms with Gasteiger partial charge < -0.3 is 10.2 Å². The third-order valence-electron chi connectivity index (χ3n) is 5.00. The van der Waals surface area contributed by atoms with Gasteiger partial charge in [0.1, 0.15) is 5.82 Å². The molecule has 0 saturated carbocycles. The Balaban J connectivity index is 1.39. The Morgan fingerprint density at radius 1 is 1.07 bits per heavy atom. The van der Waals surface area contributed by atoms with Crippen molar-refractivity contribution in [2.45, 2.75) is 26.4 Å². The Morgan fingerprint density at radius 3 is 2.70 bits per heavy atom. The number of carbonyl (C=O) groups excluding carboxylic acids is 1. The molecule has 0 unspecified atom stereocenters. The summed E-state index contributed by atoms with van der Waals surface area (Å²) < 4.78 is 0. The number of aryl methyl sites for hydroxylation is 1. The van der Waals surface area contributed by atoms with E-state index in [1.165, 1.54) is 16.7 Å². The third-order valence-corrected chi connectivity index (χ3v) is 5.00. The predicted molar refractivity (Wildman–Crippen MR) is 108 cm³/mol. The zero-order valence-electron chi connectivity index (χ0n) is 15.5. The number of benzene rings is 2. The summed E-state index contributed by atoms with van der Waals surface area (Å²) >= 11 is 0. The van der Waals surface area contributed by atoms with Crippen molar-refractivity contribution in [3.63, 3.8) is 0 Å². The first-order valence-electron chi connectivity index (χ1n) is 9.30. The van der Waals surface area contributed by atoms with E-state index in [1.807, 2.05) is 37.3 Å². The first-order valence-corrected chi connectivity index (χ1v) is 9.30. The Hall–Kier alpha value is -3.14. The molecular weight excluding hydrogens is 334 g/mol. The van der Waals surface area contributed by atoms with E-state index < -0.39 is 0 Å². The van der Waals surface area contributed by atoms with Crippen LogP contribution in [0.1, 0.15) is 32.6 Å². The molecule has 1 aliphatic rings. The Kier molecular flexibility index (Phi) is 4.88. The molecule has 4 heteroatoms. The summed E-state index contributed by atoms with van der Waals surface area (Å²) in [7, 11) is 0. The van der Waals surface area contributed by atoms with Crippen LogP contribution in [-0.2, 0) is 19.5 Å². The van der Waals surface area contributed by atoms with E-state index in [0.717, 1.165) is 30.9 Å². The van der Waals surface area contributed by atoms with E-state index in [-0.39, 0.29) is 5.91 Å². The largest absolute Gasteiger partial charge is 0.352 e. The van der Waals surface area contributed by atoms with E-state index in [1.54, 1.807) is 6.20 Å². The number of nitrogens with one attached hydrogen (secondary N) is 1. The van der Waals surface area contributed by atoms with Gasteiger partial charge in [0.15, 0.2) is 0 Å². The van der Waals surface area contributed by atoms with Crippen molar-refractivity contribution in [2.75, 3.05) is 11.4 Å². The van der Waals surface area contributed by atoms with Crippen molar-refractivity contribution in [3.05, 3.63) is 94.7 Å². The van der Waals surface area contributed by atoms with Crippen molar-refractivity contribution in [3.8, 4) is 0 Å². The van der Waals surface area contributed by atoms with Crippen LogP contribution in [0.5, 0.6) is 0 Å². The van der Waals surface area contributed by atoms with E-state index in [2.05, 4.69) is 45.5 Å². The fraction of sp³-hybridized carbons (Fsp3) is 0.217. The molecule has 27 heavy (non-hydrogen) atoms. The summed E-state index contributed by atoms with van der Waals surface area (Å²) in [6.45, 7) is 4.38. The Morgan fingerprint density at radius 2 is 1.93 bits per heavy atom. The number of hydrogen-bond donors (Lipinski definition) is 1. The van der Waals surface area contributed by atoms with Gasteiger partial charge in [0.25, 0.3) is 5.91 Å². The molecule has 0 saturated heterocycles. The number of rotatable bonds is 4. The van der Waals surface area contributed by atoms with E-state index in [4.69, 9.17) is 0 Å². The number of amides is 1. The van der Waals surface area contributed by atoms with Crippen LogP contribution in [0.2, 0.25) is 0 Å². The molecule has 1 amide bonds. The maximum atomic E-state index is 12.4. The van der Waals surface area contributed by atoms with Crippen molar-refractivity contribution in [2.24, 2.45) is 0 Å². The highest BCUT2D eigenvalue weighted by atomic mass is 16.1. The first-order chi connectivity index (χ1) is 13.2. The predicted octanol–water partition coefficient (Wildman–Crippen LogP) is 3.88. The van der Waals surface area contributed by atoms with Gasteiger partial charge in [-0.3, -0.25) is 4.79 Å². The van der Waals surface area contributed by atoms with Crippen LogP contribution in [0.4, 0.5) is 5.82 Å². The number of nitrogens with zero attached hydrogens (tertiary/aromatic N) is 2. The average molecular weight is 357 g/mol. The van der Waals surface area contributed by atoms with Crippen LogP contribution in [0, 0.1) is 6.92 Å². The molecule has 0 fully saturated rings. The van der Waals surface area contributed by atoms with Crippen molar-refractivity contribution in [1.82, 2.24) is 10.3 Å². The van der Waals surface area contributed by atoms with E-state index in [9.17, 15) is 4.79 Å². The normalized spacial score (nSPS) is 13.1. The lowest BCUT2D eigenvalue weighted by molar-refractivity contribution is 0.0950. The topological polar surface area (TPSA) is 45.2 Å². The van der Waals surface area contributed by atoms with Gasteiger partial charge in [-0.25, -0.2) is 4.98 Å². The van der Waals surface area contributed by atoms with Gasteiger partial charge in [-0.2, -0.15) is 0 Å². The molecule has 0 radical (unpaired) electrons. The Labute approximate surface area is 159 Å². The van der Waals surface area contributed by atoms with Crippen LogP contribution >= 0.6 is 0 Å². The molecular formula is C23H23N3O. The third kappa shape index (κ3) is 4.00. The molecule has 1 aliphatic heterocycles. The summed E-state index contributed by atoms with van der Waals surface area (Å²) in [5, 5.41) is 2.96. The number of aromatic nitrogens is 1. The lowest BCUT2D eigenvalue weighted by Gasteiger charge is -2.29. The smallest absolute Gasteiger partial charge is 0.253 e. The standard InChI is InChI=1S/C23H23N3O/c1-17-5-4-6-18(13-17)14-25-23(27)20-9-10-22(24-15-20)26-12-11-19-7-2-3-8-21(19)16-26/h2-10,13,15H,11-12,14,16H2,1H3,(H,25,27). The molecule has 136 valence electrons. The van der Waals surface area contributed by atoms with Gasteiger partial charge in [0.05, 0.1) is 5.56 Å². The second-order valence-electron chi connectivity index (χ2n) is 7.02. The van der Waals surface area contributed by atoms with Gasteiger partial charge in [0, 0.05) is 25.8 Å². The zero-order valence-corrected chi connectivity index (χ0v) is 15.5. The summed E-state index contributed by atoms with van der Waals surface area (Å²) in [6, 6.07) is 20.5. The number of pyridine rings is 1. The number of carbonyl (C=O) groups is 1. The monoisotopic (exact) mass is 357 g/mol. The van der Waals surface area contributed by atoms with Gasteiger partial charge >= 0.3 is 0 Å². The van der Waals surface area contributed by atoms with Gasteiger partial charge in [-0.15, -0.1) is 0 Å². The molecule has 0 atom stereocenters. The molecule has 0 aliphatic carbocycles. The summed E-state index contributed by atoms with van der Waals surface area (Å²) in [5.41, 5.74) is 5.64. The van der Waals surface area contributed by atoms with E-state index in [0.29, 0.717) is 12.1 Å². The molecule has 1 N–H and O–H groups in total. The fourth-order valence-electron chi connectivity index (χ4n) is 3.51. The van der Waals surface area contributed by atoms with Gasteiger partial charge in [-0.05, 0) is 42.2 Å². The number of hydrogen-bond acceptors (Lipinski definition) is 3. The molecule has 1 aromatic heterocycles. The molecule has 2 aromatic carbocycles. The van der Waals surface area contributed by atoms with Crippen LogP contribution in [0.25, 0.3) is 0 Å². The maximum absolute atomic E-state index is 12.4. The van der Waals surface area contributed by atoms with Crippen LogP contribution in [-0.4, -0.2) is 17.4 Å². The van der Waals surface area contributed by atoms with Crippen LogP contribution in [0.3, 0.4) is 0 Å². The van der Waals surface area contributed by atoms with Crippen LogP contribution < -0.4 is 10.2 Å². The summed E-state index contributed by atoms with van der Waals surface area (Å²) in [4.78, 5) is 19.2. The quantitative estimate of drug-likeness (QED) is 0.771. The van der Waals surface area contributed by atoms with E-state index >= 15 is 0 Å². The average Bonchev–Trinajstić information content (AvgIpc) is 2.72. The molecule has 4 rings (SSSR count). The maximum Gasteiger partial charge on any atom is 0.253 e. The number of anilines is 1. The molecule has 0 spiro atoms. The summed E-state index contributed by atoms with van der Waals surface area (Å²) in [6.07, 6.45) is 2.69.